The second-order valence-corrected chi connectivity index (χ2v) is 7.29. The summed E-state index contributed by atoms with van der Waals surface area (Å²) in [5.41, 5.74) is 0. The van der Waals surface area contributed by atoms with Crippen LogP contribution in [0.5, 0.6) is 0 Å². The van der Waals surface area contributed by atoms with Gasteiger partial charge < -0.3 is 13.8 Å². The highest BCUT2D eigenvalue weighted by Gasteiger charge is 2.26. The van der Waals surface area contributed by atoms with Crippen LogP contribution >= 0.6 is 14.5 Å². The van der Waals surface area contributed by atoms with Crippen molar-refractivity contribution in [2.45, 2.75) is 6.92 Å². The highest BCUT2D eigenvalue weighted by Crippen LogP contribution is 2.48. The van der Waals surface area contributed by atoms with Gasteiger partial charge in [0.25, 0.3) is 0 Å². The van der Waals surface area contributed by atoms with Crippen molar-refractivity contribution in [2.24, 2.45) is 0 Å². The van der Waals surface area contributed by atoms with Gasteiger partial charge in [-0.15, -0.1) is 0 Å². The van der Waals surface area contributed by atoms with Crippen LogP contribution in [0.3, 0.4) is 0 Å². The van der Waals surface area contributed by atoms with E-state index in [9.17, 15) is 4.57 Å². The third-order valence-corrected chi connectivity index (χ3v) is 5.13. The van der Waals surface area contributed by atoms with Gasteiger partial charge in [-0.05, 0) is 6.92 Å². The van der Waals surface area contributed by atoms with E-state index < -0.39 is 14.5 Å². The number of hydrogen-bond donors (Lipinski definition) is 0. The summed E-state index contributed by atoms with van der Waals surface area (Å²) in [7, 11) is -0.450. The molecule has 15 heavy (non-hydrogen) atoms. The molecule has 0 heterocycles. The van der Waals surface area contributed by atoms with Crippen LogP contribution < -0.4 is 0 Å². The van der Waals surface area contributed by atoms with Crippen LogP contribution in [0, 0.1) is 0 Å². The Morgan fingerprint density at radius 1 is 1.33 bits per heavy atom. The van der Waals surface area contributed by atoms with Crippen molar-refractivity contribution >= 4 is 26.3 Å². The Kier molecular flexibility index (Phi) is 9.05. The molecule has 0 aromatic heterocycles. The SMILES string of the molecule is CCOCC[P+](=S)OCP(=O)(OC)OC. The van der Waals surface area contributed by atoms with Crippen molar-refractivity contribution in [1.29, 1.82) is 0 Å². The Labute approximate surface area is 96.5 Å². The van der Waals surface area contributed by atoms with Gasteiger partial charge >= 0.3 is 14.5 Å². The summed E-state index contributed by atoms with van der Waals surface area (Å²) >= 11 is 5.04. The minimum absolute atomic E-state index is 0.0959. The van der Waals surface area contributed by atoms with Gasteiger partial charge in [-0.25, -0.2) is 0 Å². The lowest BCUT2D eigenvalue weighted by Gasteiger charge is -2.09. The fraction of sp³-hybridized carbons (Fsp3) is 1.00. The van der Waals surface area contributed by atoms with E-state index in [4.69, 9.17) is 30.1 Å². The Balaban J connectivity index is 3.74. The molecule has 0 saturated heterocycles. The first kappa shape index (κ1) is 15.6. The molecule has 1 unspecified atom stereocenters. The Morgan fingerprint density at radius 3 is 2.40 bits per heavy atom. The van der Waals surface area contributed by atoms with E-state index in [-0.39, 0.29) is 6.35 Å². The molecule has 0 spiro atoms. The second kappa shape index (κ2) is 8.71. The molecule has 0 fully saturated rings. The lowest BCUT2D eigenvalue weighted by atomic mass is 10.8. The topological polar surface area (TPSA) is 54.0 Å². The minimum atomic E-state index is -3.09. The highest BCUT2D eigenvalue weighted by atomic mass is 32.4. The van der Waals surface area contributed by atoms with Gasteiger partial charge in [0.1, 0.15) is 0 Å². The van der Waals surface area contributed by atoms with Crippen molar-refractivity contribution in [1.82, 2.24) is 0 Å². The minimum Gasteiger partial charge on any atom is -0.377 e. The molecule has 0 aliphatic rings. The second-order valence-electron chi connectivity index (χ2n) is 2.49. The van der Waals surface area contributed by atoms with Crippen LogP contribution in [0.15, 0.2) is 0 Å². The molecular weight excluding hydrogens is 258 g/mol. The summed E-state index contributed by atoms with van der Waals surface area (Å²) in [6.07, 6.45) is 0.549. The van der Waals surface area contributed by atoms with E-state index in [0.29, 0.717) is 19.4 Å². The highest BCUT2D eigenvalue weighted by molar-refractivity contribution is 8.03. The Bertz CT molecular complexity index is 227. The van der Waals surface area contributed by atoms with Gasteiger partial charge in [-0.2, -0.15) is 4.52 Å². The van der Waals surface area contributed by atoms with Crippen molar-refractivity contribution in [3.05, 3.63) is 0 Å². The lowest BCUT2D eigenvalue weighted by Crippen LogP contribution is -1.99. The standard InChI is InChI=1S/C7H17O5P2S/c1-4-11-5-6-13(15)12-7-14(8,9-2)10-3/h4-7H2,1-3H3/q+1. The maximum atomic E-state index is 11.5. The van der Waals surface area contributed by atoms with E-state index >= 15 is 0 Å². The van der Waals surface area contributed by atoms with E-state index in [2.05, 4.69) is 0 Å². The average Bonchev–Trinajstić information content (AvgIpc) is 2.26. The fourth-order valence-corrected chi connectivity index (χ4v) is 3.16. The molecule has 0 aromatic carbocycles. The molecule has 0 radical (unpaired) electrons. The van der Waals surface area contributed by atoms with Crippen molar-refractivity contribution < 1.29 is 22.9 Å². The molecule has 90 valence electrons. The van der Waals surface area contributed by atoms with Gasteiger partial charge in [-0.3, -0.25) is 4.57 Å². The van der Waals surface area contributed by atoms with Crippen LogP contribution in [-0.4, -0.2) is 39.9 Å². The van der Waals surface area contributed by atoms with E-state index in [1.165, 1.54) is 14.2 Å². The van der Waals surface area contributed by atoms with Crippen LogP contribution in [0.2, 0.25) is 0 Å². The van der Waals surface area contributed by atoms with Gasteiger partial charge in [0.2, 0.25) is 6.35 Å². The van der Waals surface area contributed by atoms with Crippen LogP contribution in [0.4, 0.5) is 0 Å². The van der Waals surface area contributed by atoms with Gasteiger partial charge in [0.05, 0.1) is 6.61 Å². The summed E-state index contributed by atoms with van der Waals surface area (Å²) < 4.78 is 31.3. The summed E-state index contributed by atoms with van der Waals surface area (Å²) in [4.78, 5) is 0. The summed E-state index contributed by atoms with van der Waals surface area (Å²) in [6, 6.07) is 0. The summed E-state index contributed by atoms with van der Waals surface area (Å²) in [5.74, 6) is 0. The summed E-state index contributed by atoms with van der Waals surface area (Å²) in [6.45, 7) is 2.10. The van der Waals surface area contributed by atoms with Gasteiger partial charge in [0, 0.05) is 20.8 Å². The predicted octanol–water partition coefficient (Wildman–Crippen LogP) is 2.34. The van der Waals surface area contributed by atoms with Crippen molar-refractivity contribution in [3.63, 3.8) is 0 Å². The Hall–Kier alpha value is 0.590. The first-order valence-corrected chi connectivity index (χ1v) is 8.62. The Morgan fingerprint density at radius 2 is 1.93 bits per heavy atom. The molecular formula is C7H17O5P2S+. The zero-order valence-corrected chi connectivity index (χ0v) is 11.8. The molecule has 8 heteroatoms. The predicted molar refractivity (Wildman–Crippen MR) is 63.2 cm³/mol. The maximum Gasteiger partial charge on any atom is 0.360 e. The van der Waals surface area contributed by atoms with Crippen LogP contribution in [-0.2, 0) is 34.7 Å². The van der Waals surface area contributed by atoms with E-state index in [1.807, 2.05) is 6.92 Å². The third-order valence-electron chi connectivity index (χ3n) is 1.54. The molecule has 0 aliphatic carbocycles. The zero-order chi connectivity index (χ0) is 11.7. The lowest BCUT2D eigenvalue weighted by molar-refractivity contribution is 0.162. The van der Waals surface area contributed by atoms with Gasteiger partial charge in [0.15, 0.2) is 18.0 Å². The van der Waals surface area contributed by atoms with E-state index in [1.54, 1.807) is 0 Å². The molecule has 0 rings (SSSR count). The number of rotatable bonds is 9. The summed E-state index contributed by atoms with van der Waals surface area (Å²) in [5, 5.41) is 0. The largest absolute Gasteiger partial charge is 0.377 e. The van der Waals surface area contributed by atoms with Crippen molar-refractivity contribution in [3.8, 4) is 0 Å². The first-order valence-electron chi connectivity index (χ1n) is 4.43. The quantitative estimate of drug-likeness (QED) is 0.475. The zero-order valence-electron chi connectivity index (χ0n) is 9.17. The molecule has 0 bridgehead atoms. The molecule has 1 atom stereocenters. The smallest absolute Gasteiger partial charge is 0.360 e. The maximum absolute atomic E-state index is 11.5. The number of hydrogen-bond acceptors (Lipinski definition) is 6. The average molecular weight is 275 g/mol. The molecule has 5 nitrogen and oxygen atoms in total. The third kappa shape index (κ3) is 7.47. The van der Waals surface area contributed by atoms with Crippen LogP contribution in [0.1, 0.15) is 6.92 Å². The van der Waals surface area contributed by atoms with E-state index in [0.717, 1.165) is 0 Å². The van der Waals surface area contributed by atoms with Gasteiger partial charge in [-0.1, -0.05) is 0 Å². The normalized spacial score (nSPS) is 12.9. The molecule has 0 aromatic rings. The fourth-order valence-electron chi connectivity index (χ4n) is 0.663. The molecule has 0 saturated carbocycles. The molecule has 0 aliphatic heterocycles. The first-order chi connectivity index (χ1) is 7.08. The molecule has 0 N–H and O–H groups in total. The van der Waals surface area contributed by atoms with Crippen LogP contribution in [0.25, 0.3) is 0 Å². The monoisotopic (exact) mass is 275 g/mol. The molecule has 0 amide bonds. The number of ether oxygens (including phenoxy) is 1. The van der Waals surface area contributed by atoms with Crippen molar-refractivity contribution in [2.75, 3.05) is 39.9 Å².